The molecule has 0 saturated carbocycles. The first-order valence-corrected chi connectivity index (χ1v) is 5.97. The maximum absolute atomic E-state index is 3.74. The zero-order chi connectivity index (χ0) is 13.1. The lowest BCUT2D eigenvalue weighted by Crippen LogP contribution is -1.76. The second-order valence-electron chi connectivity index (χ2n) is 4.47. The second-order valence-corrected chi connectivity index (χ2v) is 4.47. The summed E-state index contributed by atoms with van der Waals surface area (Å²) in [6.07, 6.45) is 7.23. The molecule has 0 atom stereocenters. The van der Waals surface area contributed by atoms with Gasteiger partial charge in [0.2, 0.25) is 0 Å². The quantitative estimate of drug-likeness (QED) is 0.534. The molecule has 0 aliphatic rings. The van der Waals surface area contributed by atoms with Gasteiger partial charge >= 0.3 is 0 Å². The summed E-state index contributed by atoms with van der Waals surface area (Å²) in [6.45, 7) is 20.1. The largest absolute Gasteiger partial charge is 0.0988 e. The predicted octanol–water partition coefficient (Wildman–Crippen LogP) is 5.69. The number of allylic oxidation sites excluding steroid dienone is 6. The van der Waals surface area contributed by atoms with Crippen LogP contribution in [-0.4, -0.2) is 0 Å². The van der Waals surface area contributed by atoms with E-state index in [0.29, 0.717) is 5.92 Å². The van der Waals surface area contributed by atoms with Gasteiger partial charge in [-0.15, -0.1) is 0 Å². The fourth-order valence-corrected chi connectivity index (χ4v) is 0.810. The highest BCUT2D eigenvalue weighted by molar-refractivity contribution is 5.19. The van der Waals surface area contributed by atoms with E-state index in [1.54, 1.807) is 0 Å². The van der Waals surface area contributed by atoms with Gasteiger partial charge in [0.05, 0.1) is 0 Å². The second kappa shape index (κ2) is 10.5. The Morgan fingerprint density at radius 1 is 1.19 bits per heavy atom. The van der Waals surface area contributed by atoms with E-state index in [0.717, 1.165) is 12.0 Å². The van der Waals surface area contributed by atoms with E-state index in [1.807, 2.05) is 19.1 Å². The van der Waals surface area contributed by atoms with E-state index in [1.165, 1.54) is 11.1 Å². The highest BCUT2D eigenvalue weighted by atomic mass is 13.9. The topological polar surface area (TPSA) is 0 Å². The number of hydrogen-bond acceptors (Lipinski definition) is 0. The third-order valence-electron chi connectivity index (χ3n) is 2.28. The van der Waals surface area contributed by atoms with Crippen LogP contribution in [0, 0.1) is 5.92 Å². The van der Waals surface area contributed by atoms with E-state index in [4.69, 9.17) is 0 Å². The van der Waals surface area contributed by atoms with Crippen LogP contribution in [-0.2, 0) is 0 Å². The summed E-state index contributed by atoms with van der Waals surface area (Å²) >= 11 is 0. The van der Waals surface area contributed by atoms with Crippen molar-refractivity contribution in [3.63, 3.8) is 0 Å². The third-order valence-corrected chi connectivity index (χ3v) is 2.28. The van der Waals surface area contributed by atoms with Gasteiger partial charge in [-0.3, -0.25) is 0 Å². The first kappa shape index (κ1) is 17.4. The van der Waals surface area contributed by atoms with Gasteiger partial charge < -0.3 is 0 Å². The van der Waals surface area contributed by atoms with Gasteiger partial charge in [-0.05, 0) is 33.1 Å². The van der Waals surface area contributed by atoms with Crippen molar-refractivity contribution in [3.8, 4) is 0 Å². The molecule has 0 spiro atoms. The van der Waals surface area contributed by atoms with Gasteiger partial charge in [-0.1, -0.05) is 68.9 Å². The molecular formula is C16H28. The maximum Gasteiger partial charge on any atom is -0.0287 e. The van der Waals surface area contributed by atoms with Gasteiger partial charge in [-0.2, -0.15) is 0 Å². The smallest absolute Gasteiger partial charge is 0.0287 e. The van der Waals surface area contributed by atoms with Crippen LogP contribution in [0.15, 0.2) is 48.1 Å². The fourth-order valence-electron chi connectivity index (χ4n) is 0.810. The van der Waals surface area contributed by atoms with Crippen molar-refractivity contribution in [2.24, 2.45) is 5.92 Å². The molecule has 0 N–H and O–H groups in total. The molecule has 16 heavy (non-hydrogen) atoms. The molecule has 0 bridgehead atoms. The summed E-state index contributed by atoms with van der Waals surface area (Å²) in [7, 11) is 0. The molecule has 0 aliphatic heterocycles. The van der Waals surface area contributed by atoms with Crippen molar-refractivity contribution in [1.29, 1.82) is 0 Å². The molecule has 0 heterocycles. The van der Waals surface area contributed by atoms with E-state index in [9.17, 15) is 0 Å². The van der Waals surface area contributed by atoms with Crippen molar-refractivity contribution < 1.29 is 0 Å². The van der Waals surface area contributed by atoms with Crippen LogP contribution < -0.4 is 0 Å². The van der Waals surface area contributed by atoms with Gasteiger partial charge in [0, 0.05) is 0 Å². The van der Waals surface area contributed by atoms with Crippen molar-refractivity contribution in [3.05, 3.63) is 48.1 Å². The lowest BCUT2D eigenvalue weighted by Gasteiger charge is -1.96. The van der Waals surface area contributed by atoms with Gasteiger partial charge in [0.1, 0.15) is 0 Å². The van der Waals surface area contributed by atoms with Gasteiger partial charge in [-0.25, -0.2) is 0 Å². The zero-order valence-corrected chi connectivity index (χ0v) is 11.9. The van der Waals surface area contributed by atoms with Crippen molar-refractivity contribution >= 4 is 0 Å². The minimum Gasteiger partial charge on any atom is -0.0988 e. The van der Waals surface area contributed by atoms with Crippen molar-refractivity contribution in [2.45, 2.75) is 48.0 Å². The Hall–Kier alpha value is -1.04. The van der Waals surface area contributed by atoms with Crippen LogP contribution >= 0.6 is 0 Å². The van der Waals surface area contributed by atoms with Crippen LogP contribution in [0.2, 0.25) is 0 Å². The molecule has 0 unspecified atom stereocenters. The summed E-state index contributed by atoms with van der Waals surface area (Å²) in [5, 5.41) is 0. The highest BCUT2D eigenvalue weighted by Gasteiger charge is 1.85. The Kier molecular flexibility index (Phi) is 11.4. The van der Waals surface area contributed by atoms with Crippen LogP contribution in [0.3, 0.4) is 0 Å². The maximum atomic E-state index is 3.74. The summed E-state index contributed by atoms with van der Waals surface area (Å²) in [5.41, 5.74) is 3.87. The summed E-state index contributed by atoms with van der Waals surface area (Å²) in [5.74, 6) is 0.645. The summed E-state index contributed by atoms with van der Waals surface area (Å²) in [6, 6.07) is 0. The van der Waals surface area contributed by atoms with Crippen molar-refractivity contribution in [1.82, 2.24) is 0 Å². The normalized spacial score (nSPS) is 11.9. The first-order chi connectivity index (χ1) is 7.34. The molecule has 0 aromatic heterocycles. The molecular weight excluding hydrogens is 192 g/mol. The lowest BCUT2D eigenvalue weighted by molar-refractivity contribution is 0.831. The molecule has 0 nitrogen and oxygen atoms in total. The Morgan fingerprint density at radius 3 is 1.81 bits per heavy atom. The lowest BCUT2D eigenvalue weighted by atomic mass is 10.1. The number of hydrogen-bond donors (Lipinski definition) is 0. The van der Waals surface area contributed by atoms with Crippen molar-refractivity contribution in [2.75, 3.05) is 0 Å². The van der Waals surface area contributed by atoms with E-state index in [-0.39, 0.29) is 0 Å². The molecule has 0 fully saturated rings. The third kappa shape index (κ3) is 13.0. The molecule has 0 aromatic rings. The highest BCUT2D eigenvalue weighted by Crippen LogP contribution is 2.06. The summed E-state index contributed by atoms with van der Waals surface area (Å²) < 4.78 is 0. The molecule has 0 heteroatoms. The summed E-state index contributed by atoms with van der Waals surface area (Å²) in [4.78, 5) is 0. The predicted molar refractivity (Wildman–Crippen MR) is 77.7 cm³/mol. The molecule has 0 rings (SSSR count). The average Bonchev–Trinajstić information content (AvgIpc) is 2.25. The van der Waals surface area contributed by atoms with Crippen LogP contribution in [0.4, 0.5) is 0 Å². The van der Waals surface area contributed by atoms with E-state index in [2.05, 4.69) is 53.9 Å². The van der Waals surface area contributed by atoms with Crippen LogP contribution in [0.5, 0.6) is 0 Å². The fraction of sp³-hybridized carbons (Fsp3) is 0.500. The average molecular weight is 220 g/mol. The Bertz CT molecular complexity index is 262. The molecule has 0 aromatic carbocycles. The van der Waals surface area contributed by atoms with Crippen LogP contribution in [0.1, 0.15) is 48.0 Å². The minimum absolute atomic E-state index is 0.645. The number of rotatable bonds is 4. The van der Waals surface area contributed by atoms with Gasteiger partial charge in [0.15, 0.2) is 0 Å². The standard InChI is InChI=1S/2C8H14/c1-7(2)5-6-8(3)4;1-5-7(3)8(4)6-2/h5-6,8H,1H2,2-4H3;5H,1,6H2,2-4H3. The molecule has 92 valence electrons. The minimum atomic E-state index is 0.645. The molecule has 0 saturated heterocycles. The van der Waals surface area contributed by atoms with E-state index < -0.39 is 0 Å². The van der Waals surface area contributed by atoms with Crippen LogP contribution in [0.25, 0.3) is 0 Å². The molecule has 0 amide bonds. The monoisotopic (exact) mass is 220 g/mol. The first-order valence-electron chi connectivity index (χ1n) is 5.97. The Morgan fingerprint density at radius 2 is 1.69 bits per heavy atom. The van der Waals surface area contributed by atoms with E-state index >= 15 is 0 Å². The Balaban J connectivity index is 0. The zero-order valence-electron chi connectivity index (χ0n) is 11.9. The Labute approximate surface area is 102 Å². The van der Waals surface area contributed by atoms with Gasteiger partial charge in [0.25, 0.3) is 0 Å². The SMILES string of the molecule is C=C(C)C=CC(C)C.C=CC(C)=C(C)CC. The molecule has 0 radical (unpaired) electrons. The molecule has 0 aliphatic carbocycles.